The molecule has 1 saturated heterocycles. The summed E-state index contributed by atoms with van der Waals surface area (Å²) in [6.45, 7) is 3.21. The molecule has 1 aliphatic heterocycles. The third kappa shape index (κ3) is 2.98. The van der Waals surface area contributed by atoms with Crippen LogP contribution in [0.15, 0.2) is 18.3 Å². The fourth-order valence-corrected chi connectivity index (χ4v) is 2.44. The number of aromatic nitrogens is 1. The highest BCUT2D eigenvalue weighted by Crippen LogP contribution is 2.19. The SMILES string of the molecule is CN1CCC(CN(C)c2ccnc(C(=O)O)c2)C1. The van der Waals surface area contributed by atoms with Crippen molar-refractivity contribution in [3.05, 3.63) is 24.0 Å². The lowest BCUT2D eigenvalue weighted by Gasteiger charge is -2.23. The Labute approximate surface area is 107 Å². The summed E-state index contributed by atoms with van der Waals surface area (Å²) >= 11 is 0. The maximum absolute atomic E-state index is 10.9. The Kier molecular flexibility index (Phi) is 3.81. The van der Waals surface area contributed by atoms with Crippen LogP contribution in [0.25, 0.3) is 0 Å². The van der Waals surface area contributed by atoms with E-state index < -0.39 is 5.97 Å². The highest BCUT2D eigenvalue weighted by molar-refractivity contribution is 5.86. The Bertz CT molecular complexity index is 436. The van der Waals surface area contributed by atoms with Crippen LogP contribution in [0, 0.1) is 5.92 Å². The van der Waals surface area contributed by atoms with Crippen molar-refractivity contribution >= 4 is 11.7 Å². The first kappa shape index (κ1) is 12.8. The second-order valence-electron chi connectivity index (χ2n) is 5.00. The summed E-state index contributed by atoms with van der Waals surface area (Å²) in [5.74, 6) is -0.327. The largest absolute Gasteiger partial charge is 0.477 e. The molecule has 1 aliphatic rings. The zero-order valence-electron chi connectivity index (χ0n) is 10.8. The van der Waals surface area contributed by atoms with Crippen molar-refractivity contribution in [2.75, 3.05) is 38.6 Å². The summed E-state index contributed by atoms with van der Waals surface area (Å²) in [4.78, 5) is 19.1. The standard InChI is InChI=1S/C13H19N3O2/c1-15-6-4-10(8-15)9-16(2)11-3-5-14-12(7-11)13(17)18/h3,5,7,10H,4,6,8-9H2,1-2H3,(H,17,18). The van der Waals surface area contributed by atoms with Gasteiger partial charge in [0, 0.05) is 32.0 Å². The van der Waals surface area contributed by atoms with E-state index in [1.54, 1.807) is 12.3 Å². The van der Waals surface area contributed by atoms with Crippen molar-refractivity contribution in [1.29, 1.82) is 0 Å². The van der Waals surface area contributed by atoms with Gasteiger partial charge in [0.1, 0.15) is 5.69 Å². The monoisotopic (exact) mass is 249 g/mol. The molecule has 1 atom stereocenters. The molecule has 1 unspecified atom stereocenters. The van der Waals surface area contributed by atoms with Crippen molar-refractivity contribution < 1.29 is 9.90 Å². The van der Waals surface area contributed by atoms with Crippen LogP contribution < -0.4 is 4.90 Å². The Balaban J connectivity index is 2.02. The molecule has 0 spiro atoms. The number of rotatable bonds is 4. The molecule has 0 saturated carbocycles. The summed E-state index contributed by atoms with van der Waals surface area (Å²) in [5.41, 5.74) is 1.01. The maximum atomic E-state index is 10.9. The molecule has 1 aromatic heterocycles. The third-order valence-electron chi connectivity index (χ3n) is 3.42. The minimum Gasteiger partial charge on any atom is -0.477 e. The lowest BCUT2D eigenvalue weighted by atomic mass is 10.1. The van der Waals surface area contributed by atoms with Gasteiger partial charge in [0.05, 0.1) is 0 Å². The summed E-state index contributed by atoms with van der Waals surface area (Å²) in [5, 5.41) is 8.92. The Morgan fingerprint density at radius 1 is 1.67 bits per heavy atom. The molecule has 0 aromatic carbocycles. The van der Waals surface area contributed by atoms with Gasteiger partial charge in [0.15, 0.2) is 0 Å². The summed E-state index contributed by atoms with van der Waals surface area (Å²) in [6, 6.07) is 3.48. The van der Waals surface area contributed by atoms with Crippen LogP contribution in [-0.4, -0.2) is 54.7 Å². The van der Waals surface area contributed by atoms with Crippen LogP contribution in [0.2, 0.25) is 0 Å². The van der Waals surface area contributed by atoms with Crippen molar-refractivity contribution in [1.82, 2.24) is 9.88 Å². The molecular weight excluding hydrogens is 230 g/mol. The number of anilines is 1. The number of nitrogens with zero attached hydrogens (tertiary/aromatic N) is 3. The van der Waals surface area contributed by atoms with E-state index in [4.69, 9.17) is 5.11 Å². The van der Waals surface area contributed by atoms with E-state index in [0.717, 1.165) is 25.3 Å². The first-order valence-electron chi connectivity index (χ1n) is 6.15. The summed E-state index contributed by atoms with van der Waals surface area (Å²) in [7, 11) is 4.13. The fourth-order valence-electron chi connectivity index (χ4n) is 2.44. The van der Waals surface area contributed by atoms with Crippen molar-refractivity contribution in [2.24, 2.45) is 5.92 Å². The van der Waals surface area contributed by atoms with E-state index in [1.807, 2.05) is 13.1 Å². The molecular formula is C13H19N3O2. The van der Waals surface area contributed by atoms with Gasteiger partial charge < -0.3 is 14.9 Å². The van der Waals surface area contributed by atoms with Gasteiger partial charge in [-0.1, -0.05) is 0 Å². The minimum atomic E-state index is -0.981. The average Bonchev–Trinajstić information content (AvgIpc) is 2.75. The average molecular weight is 249 g/mol. The third-order valence-corrected chi connectivity index (χ3v) is 3.42. The van der Waals surface area contributed by atoms with E-state index in [1.165, 1.54) is 6.42 Å². The number of carbonyl (C=O) groups is 1. The molecule has 0 amide bonds. The number of carboxylic acid groups (broad SMARTS) is 1. The van der Waals surface area contributed by atoms with Crippen LogP contribution in [0.5, 0.6) is 0 Å². The normalized spacial score (nSPS) is 20.0. The van der Waals surface area contributed by atoms with Gasteiger partial charge in [-0.2, -0.15) is 0 Å². The van der Waals surface area contributed by atoms with Crippen molar-refractivity contribution in [2.45, 2.75) is 6.42 Å². The molecule has 1 aromatic rings. The number of hydrogen-bond acceptors (Lipinski definition) is 4. The molecule has 0 radical (unpaired) electrons. The minimum absolute atomic E-state index is 0.0999. The predicted octanol–water partition coefficient (Wildman–Crippen LogP) is 1.17. The summed E-state index contributed by atoms with van der Waals surface area (Å²) in [6.07, 6.45) is 2.76. The van der Waals surface area contributed by atoms with Crippen LogP contribution in [0.3, 0.4) is 0 Å². The second-order valence-corrected chi connectivity index (χ2v) is 5.00. The number of aromatic carboxylic acids is 1. The van der Waals surface area contributed by atoms with Crippen molar-refractivity contribution in [3.8, 4) is 0 Å². The molecule has 2 rings (SSSR count). The lowest BCUT2D eigenvalue weighted by Crippen LogP contribution is -2.27. The van der Waals surface area contributed by atoms with Gasteiger partial charge in [0.2, 0.25) is 0 Å². The number of likely N-dealkylation sites (tertiary alicyclic amines) is 1. The lowest BCUT2D eigenvalue weighted by molar-refractivity contribution is 0.0690. The quantitative estimate of drug-likeness (QED) is 0.868. The first-order valence-corrected chi connectivity index (χ1v) is 6.15. The van der Waals surface area contributed by atoms with Gasteiger partial charge in [-0.05, 0) is 38.1 Å². The van der Waals surface area contributed by atoms with Gasteiger partial charge >= 0.3 is 5.97 Å². The number of carboxylic acids is 1. The smallest absolute Gasteiger partial charge is 0.354 e. The topological polar surface area (TPSA) is 56.7 Å². The molecule has 2 heterocycles. The van der Waals surface area contributed by atoms with Gasteiger partial charge in [-0.3, -0.25) is 0 Å². The second kappa shape index (κ2) is 5.35. The Morgan fingerprint density at radius 3 is 3.06 bits per heavy atom. The van der Waals surface area contributed by atoms with Gasteiger partial charge in [-0.25, -0.2) is 9.78 Å². The number of hydrogen-bond donors (Lipinski definition) is 1. The highest BCUT2D eigenvalue weighted by atomic mass is 16.4. The Morgan fingerprint density at radius 2 is 2.44 bits per heavy atom. The van der Waals surface area contributed by atoms with E-state index in [0.29, 0.717) is 5.92 Å². The van der Waals surface area contributed by atoms with E-state index in [-0.39, 0.29) is 5.69 Å². The maximum Gasteiger partial charge on any atom is 0.354 e. The molecule has 5 nitrogen and oxygen atoms in total. The van der Waals surface area contributed by atoms with E-state index >= 15 is 0 Å². The fraction of sp³-hybridized carbons (Fsp3) is 0.538. The molecule has 0 aliphatic carbocycles. The van der Waals surface area contributed by atoms with Crippen LogP contribution in [-0.2, 0) is 0 Å². The molecule has 1 fully saturated rings. The van der Waals surface area contributed by atoms with E-state index in [9.17, 15) is 4.79 Å². The zero-order valence-corrected chi connectivity index (χ0v) is 10.8. The molecule has 98 valence electrons. The first-order chi connectivity index (χ1) is 8.56. The molecule has 5 heteroatoms. The van der Waals surface area contributed by atoms with Crippen LogP contribution in [0.4, 0.5) is 5.69 Å². The summed E-state index contributed by atoms with van der Waals surface area (Å²) < 4.78 is 0. The Hall–Kier alpha value is -1.62. The number of pyridine rings is 1. The van der Waals surface area contributed by atoms with Crippen LogP contribution >= 0.6 is 0 Å². The van der Waals surface area contributed by atoms with Crippen molar-refractivity contribution in [3.63, 3.8) is 0 Å². The molecule has 18 heavy (non-hydrogen) atoms. The van der Waals surface area contributed by atoms with E-state index in [2.05, 4.69) is 21.8 Å². The highest BCUT2D eigenvalue weighted by Gasteiger charge is 2.21. The predicted molar refractivity (Wildman–Crippen MR) is 70.1 cm³/mol. The van der Waals surface area contributed by atoms with Gasteiger partial charge in [0.25, 0.3) is 0 Å². The van der Waals surface area contributed by atoms with Crippen LogP contribution in [0.1, 0.15) is 16.9 Å². The van der Waals surface area contributed by atoms with Gasteiger partial charge in [-0.15, -0.1) is 0 Å². The molecule has 1 N–H and O–H groups in total. The molecule has 0 bridgehead atoms. The zero-order chi connectivity index (χ0) is 13.1.